The van der Waals surface area contributed by atoms with Crippen LogP contribution in [0.15, 0.2) is 18.3 Å². The van der Waals surface area contributed by atoms with Crippen LogP contribution in [-0.2, 0) is 4.79 Å². The van der Waals surface area contributed by atoms with E-state index in [1.54, 1.807) is 18.3 Å². The van der Waals surface area contributed by atoms with Gasteiger partial charge in [0, 0.05) is 17.8 Å². The number of carboxylic acids is 1. The molecule has 0 saturated heterocycles. The van der Waals surface area contributed by atoms with Crippen LogP contribution in [0.25, 0.3) is 0 Å². The summed E-state index contributed by atoms with van der Waals surface area (Å²) in [5.41, 5.74) is 6.28. The molecule has 0 unspecified atom stereocenters. The van der Waals surface area contributed by atoms with Crippen molar-refractivity contribution in [2.45, 2.75) is 12.5 Å². The van der Waals surface area contributed by atoms with Crippen molar-refractivity contribution < 1.29 is 14.6 Å². The summed E-state index contributed by atoms with van der Waals surface area (Å²) in [6, 6.07) is 2.81. The van der Waals surface area contributed by atoms with E-state index in [0.717, 1.165) is 0 Å². The summed E-state index contributed by atoms with van der Waals surface area (Å²) in [7, 11) is 1.47. The smallest absolute Gasteiger partial charge is 0.305 e. The number of rotatable bonds is 4. The van der Waals surface area contributed by atoms with E-state index in [-0.39, 0.29) is 6.42 Å². The van der Waals surface area contributed by atoms with Crippen LogP contribution >= 0.6 is 0 Å². The molecule has 0 radical (unpaired) electrons. The van der Waals surface area contributed by atoms with Gasteiger partial charge in [-0.1, -0.05) is 6.07 Å². The molecule has 76 valence electrons. The molecule has 0 fully saturated rings. The second-order valence-electron chi connectivity index (χ2n) is 2.81. The number of pyridine rings is 1. The Labute approximate surface area is 81.5 Å². The lowest BCUT2D eigenvalue weighted by Gasteiger charge is -2.11. The van der Waals surface area contributed by atoms with Gasteiger partial charge < -0.3 is 15.6 Å². The average Bonchev–Trinajstić information content (AvgIpc) is 2.16. The van der Waals surface area contributed by atoms with Gasteiger partial charge in [-0.05, 0) is 6.07 Å². The molecule has 3 N–H and O–H groups in total. The fourth-order valence-electron chi connectivity index (χ4n) is 1.15. The molecule has 0 bridgehead atoms. The van der Waals surface area contributed by atoms with E-state index in [4.69, 9.17) is 15.6 Å². The summed E-state index contributed by atoms with van der Waals surface area (Å²) in [4.78, 5) is 14.4. The molecule has 1 atom stereocenters. The SMILES string of the molecule is COc1ncccc1[C@@H](N)CC(=O)O. The van der Waals surface area contributed by atoms with E-state index in [1.165, 1.54) is 7.11 Å². The zero-order chi connectivity index (χ0) is 10.6. The summed E-state index contributed by atoms with van der Waals surface area (Å²) in [5, 5.41) is 8.57. The van der Waals surface area contributed by atoms with Crippen LogP contribution in [0.4, 0.5) is 0 Å². The van der Waals surface area contributed by atoms with E-state index in [0.29, 0.717) is 11.4 Å². The first-order valence-corrected chi connectivity index (χ1v) is 4.11. The Hall–Kier alpha value is -1.62. The molecule has 1 aromatic heterocycles. The third kappa shape index (κ3) is 2.43. The van der Waals surface area contributed by atoms with Crippen molar-refractivity contribution >= 4 is 5.97 Å². The number of methoxy groups -OCH3 is 1. The lowest BCUT2D eigenvalue weighted by atomic mass is 10.1. The first-order valence-electron chi connectivity index (χ1n) is 4.11. The van der Waals surface area contributed by atoms with Crippen molar-refractivity contribution in [3.8, 4) is 5.88 Å². The molecule has 0 aliphatic carbocycles. The van der Waals surface area contributed by atoms with Gasteiger partial charge in [-0.15, -0.1) is 0 Å². The number of nitrogens with two attached hydrogens (primary N) is 1. The minimum Gasteiger partial charge on any atom is -0.481 e. The van der Waals surface area contributed by atoms with Crippen LogP contribution in [0.1, 0.15) is 18.0 Å². The number of ether oxygens (including phenoxy) is 1. The molecule has 0 saturated carbocycles. The first kappa shape index (κ1) is 10.5. The van der Waals surface area contributed by atoms with Crippen LogP contribution in [0, 0.1) is 0 Å². The maximum Gasteiger partial charge on any atom is 0.305 e. The van der Waals surface area contributed by atoms with Gasteiger partial charge in [-0.3, -0.25) is 4.79 Å². The van der Waals surface area contributed by atoms with E-state index in [2.05, 4.69) is 4.98 Å². The molecule has 1 rings (SSSR count). The molecule has 14 heavy (non-hydrogen) atoms. The molecule has 0 aromatic carbocycles. The largest absolute Gasteiger partial charge is 0.481 e. The highest BCUT2D eigenvalue weighted by atomic mass is 16.5. The second-order valence-corrected chi connectivity index (χ2v) is 2.81. The van der Waals surface area contributed by atoms with Crippen LogP contribution in [-0.4, -0.2) is 23.2 Å². The molecular formula is C9H12N2O3. The zero-order valence-corrected chi connectivity index (χ0v) is 7.80. The Morgan fingerprint density at radius 3 is 3.07 bits per heavy atom. The lowest BCUT2D eigenvalue weighted by molar-refractivity contribution is -0.137. The summed E-state index contributed by atoms with van der Waals surface area (Å²) in [6.07, 6.45) is 1.43. The minimum absolute atomic E-state index is 0.137. The van der Waals surface area contributed by atoms with Gasteiger partial charge >= 0.3 is 5.97 Å². The Bertz CT molecular complexity index is 328. The van der Waals surface area contributed by atoms with Crippen LogP contribution in [0.2, 0.25) is 0 Å². The third-order valence-corrected chi connectivity index (χ3v) is 1.79. The van der Waals surface area contributed by atoms with Gasteiger partial charge in [-0.25, -0.2) is 4.98 Å². The molecule has 0 aliphatic rings. The molecule has 1 aromatic rings. The Morgan fingerprint density at radius 1 is 1.79 bits per heavy atom. The number of nitrogens with zero attached hydrogens (tertiary/aromatic N) is 1. The molecule has 0 spiro atoms. The van der Waals surface area contributed by atoms with Gasteiger partial charge in [0.1, 0.15) is 0 Å². The standard InChI is InChI=1S/C9H12N2O3/c1-14-9-6(3-2-4-11-9)7(10)5-8(12)13/h2-4,7H,5,10H2,1H3,(H,12,13)/t7-/m0/s1. The highest BCUT2D eigenvalue weighted by molar-refractivity contribution is 5.68. The van der Waals surface area contributed by atoms with Crippen molar-refractivity contribution in [2.24, 2.45) is 5.73 Å². The monoisotopic (exact) mass is 196 g/mol. The average molecular weight is 196 g/mol. The molecule has 5 nitrogen and oxygen atoms in total. The summed E-state index contributed by atoms with van der Waals surface area (Å²) < 4.78 is 4.96. The van der Waals surface area contributed by atoms with Gasteiger partial charge in [0.05, 0.1) is 13.5 Å². The number of aromatic nitrogens is 1. The number of aliphatic carboxylic acids is 1. The van der Waals surface area contributed by atoms with E-state index in [1.807, 2.05) is 0 Å². The van der Waals surface area contributed by atoms with E-state index < -0.39 is 12.0 Å². The van der Waals surface area contributed by atoms with Crippen molar-refractivity contribution in [3.63, 3.8) is 0 Å². The Morgan fingerprint density at radius 2 is 2.50 bits per heavy atom. The van der Waals surface area contributed by atoms with Crippen molar-refractivity contribution in [3.05, 3.63) is 23.9 Å². The second kappa shape index (κ2) is 4.57. The summed E-state index contributed by atoms with van der Waals surface area (Å²) >= 11 is 0. The summed E-state index contributed by atoms with van der Waals surface area (Å²) in [6.45, 7) is 0. The fourth-order valence-corrected chi connectivity index (χ4v) is 1.15. The zero-order valence-electron chi connectivity index (χ0n) is 7.80. The summed E-state index contributed by atoms with van der Waals surface area (Å²) in [5.74, 6) is -0.565. The van der Waals surface area contributed by atoms with Gasteiger partial charge in [0.25, 0.3) is 0 Å². The minimum atomic E-state index is -0.941. The lowest BCUT2D eigenvalue weighted by Crippen LogP contribution is -2.16. The van der Waals surface area contributed by atoms with Crippen LogP contribution < -0.4 is 10.5 Å². The molecule has 0 amide bonds. The number of carbonyl (C=O) groups is 1. The van der Waals surface area contributed by atoms with Crippen molar-refractivity contribution in [1.82, 2.24) is 4.98 Å². The van der Waals surface area contributed by atoms with E-state index >= 15 is 0 Å². The maximum atomic E-state index is 10.4. The maximum absolute atomic E-state index is 10.4. The third-order valence-electron chi connectivity index (χ3n) is 1.79. The number of carboxylic acid groups (broad SMARTS) is 1. The van der Waals surface area contributed by atoms with Crippen molar-refractivity contribution in [1.29, 1.82) is 0 Å². The molecular weight excluding hydrogens is 184 g/mol. The highest BCUT2D eigenvalue weighted by Crippen LogP contribution is 2.22. The van der Waals surface area contributed by atoms with Crippen molar-refractivity contribution in [2.75, 3.05) is 7.11 Å². The van der Waals surface area contributed by atoms with Gasteiger partial charge in [0.2, 0.25) is 5.88 Å². The molecule has 1 heterocycles. The quantitative estimate of drug-likeness (QED) is 0.735. The first-order chi connectivity index (χ1) is 6.65. The molecule has 5 heteroatoms. The van der Waals surface area contributed by atoms with Gasteiger partial charge in [0.15, 0.2) is 0 Å². The normalized spacial score (nSPS) is 12.1. The van der Waals surface area contributed by atoms with Crippen LogP contribution in [0.3, 0.4) is 0 Å². The Kier molecular flexibility index (Phi) is 3.41. The topological polar surface area (TPSA) is 85.4 Å². The van der Waals surface area contributed by atoms with Gasteiger partial charge in [-0.2, -0.15) is 0 Å². The number of hydrogen-bond donors (Lipinski definition) is 2. The number of hydrogen-bond acceptors (Lipinski definition) is 4. The van der Waals surface area contributed by atoms with E-state index in [9.17, 15) is 4.79 Å². The Balaban J connectivity index is 2.87. The van der Waals surface area contributed by atoms with Crippen LogP contribution in [0.5, 0.6) is 5.88 Å². The molecule has 0 aliphatic heterocycles. The highest BCUT2D eigenvalue weighted by Gasteiger charge is 2.15. The predicted octanol–water partition coefficient (Wildman–Crippen LogP) is 0.565. The predicted molar refractivity (Wildman–Crippen MR) is 50.0 cm³/mol. The fraction of sp³-hybridized carbons (Fsp3) is 0.333.